The molecular weight excluding hydrogens is 454 g/mol. The fraction of sp³-hybridized carbons (Fsp3) is 0.333. The standard InChI is InChI=1S/C21H23N3O6S2/c1-13(2)24-16-6-4-14(10-19(16)31-21(24)26)22-20(25)12-23(32(3,27)28)15-5-7-17-18(11-15)30-9-8-29-17/h4-7,10-11,13H,8-9,12H2,1-3H3,(H,22,25). The number of sulfonamides is 1. The van der Waals surface area contributed by atoms with Crippen LogP contribution >= 0.6 is 11.3 Å². The molecule has 1 aliphatic rings. The van der Waals surface area contributed by atoms with Crippen LogP contribution in [0.3, 0.4) is 0 Å². The lowest BCUT2D eigenvalue weighted by Gasteiger charge is -2.24. The molecule has 32 heavy (non-hydrogen) atoms. The van der Waals surface area contributed by atoms with Crippen LogP contribution in [0.25, 0.3) is 10.2 Å². The number of hydrogen-bond donors (Lipinski definition) is 1. The Morgan fingerprint density at radius 3 is 2.56 bits per heavy atom. The molecule has 0 saturated carbocycles. The monoisotopic (exact) mass is 477 g/mol. The second-order valence-corrected chi connectivity index (χ2v) is 10.6. The van der Waals surface area contributed by atoms with Crippen molar-refractivity contribution in [3.05, 3.63) is 46.1 Å². The summed E-state index contributed by atoms with van der Waals surface area (Å²) >= 11 is 1.10. The van der Waals surface area contributed by atoms with Crippen molar-refractivity contribution in [2.75, 3.05) is 35.6 Å². The minimum atomic E-state index is -3.74. The Morgan fingerprint density at radius 2 is 1.88 bits per heavy atom. The Labute approximate surface area is 189 Å². The van der Waals surface area contributed by atoms with Gasteiger partial charge in [0.25, 0.3) is 0 Å². The molecule has 3 aromatic rings. The molecule has 2 heterocycles. The maximum atomic E-state index is 12.7. The molecule has 0 unspecified atom stereocenters. The van der Waals surface area contributed by atoms with E-state index in [4.69, 9.17) is 9.47 Å². The second-order valence-electron chi connectivity index (χ2n) is 7.66. The molecule has 1 N–H and O–H groups in total. The number of rotatable bonds is 6. The summed E-state index contributed by atoms with van der Waals surface area (Å²) in [6, 6.07) is 9.94. The molecular formula is C21H23N3O6S2. The predicted octanol–water partition coefficient (Wildman–Crippen LogP) is 2.82. The van der Waals surface area contributed by atoms with Gasteiger partial charge in [-0.1, -0.05) is 11.3 Å². The molecule has 0 fully saturated rings. The van der Waals surface area contributed by atoms with Crippen LogP contribution in [0, 0.1) is 0 Å². The van der Waals surface area contributed by atoms with Gasteiger partial charge in [0.2, 0.25) is 15.9 Å². The average molecular weight is 478 g/mol. The van der Waals surface area contributed by atoms with Crippen LogP contribution in [0.2, 0.25) is 0 Å². The molecule has 0 atom stereocenters. The Hall–Kier alpha value is -3.05. The van der Waals surface area contributed by atoms with E-state index < -0.39 is 22.5 Å². The van der Waals surface area contributed by atoms with Gasteiger partial charge in [-0.15, -0.1) is 0 Å². The summed E-state index contributed by atoms with van der Waals surface area (Å²) in [6.45, 7) is 4.23. The lowest BCUT2D eigenvalue weighted by atomic mass is 10.2. The van der Waals surface area contributed by atoms with Crippen molar-refractivity contribution in [3.8, 4) is 11.5 Å². The maximum Gasteiger partial charge on any atom is 0.308 e. The number of thiazole rings is 1. The molecule has 0 aliphatic carbocycles. The van der Waals surface area contributed by atoms with Crippen LogP contribution in [-0.4, -0.2) is 44.9 Å². The van der Waals surface area contributed by atoms with Crippen LogP contribution < -0.4 is 24.0 Å². The van der Waals surface area contributed by atoms with Gasteiger partial charge in [0.1, 0.15) is 19.8 Å². The molecule has 1 aliphatic heterocycles. The lowest BCUT2D eigenvalue weighted by molar-refractivity contribution is -0.114. The number of carbonyl (C=O) groups is 1. The van der Waals surface area contributed by atoms with E-state index in [0.717, 1.165) is 32.1 Å². The molecule has 0 radical (unpaired) electrons. The van der Waals surface area contributed by atoms with Gasteiger partial charge < -0.3 is 14.8 Å². The third-order valence-corrected chi connectivity index (χ3v) is 6.97. The van der Waals surface area contributed by atoms with Crippen molar-refractivity contribution in [2.45, 2.75) is 19.9 Å². The number of hydrogen-bond acceptors (Lipinski definition) is 7. The van der Waals surface area contributed by atoms with Gasteiger partial charge in [-0.05, 0) is 44.2 Å². The summed E-state index contributed by atoms with van der Waals surface area (Å²) < 4.78 is 39.2. The molecule has 170 valence electrons. The largest absolute Gasteiger partial charge is 0.486 e. The normalized spacial score (nSPS) is 13.4. The van der Waals surface area contributed by atoms with E-state index >= 15 is 0 Å². The molecule has 2 aromatic carbocycles. The van der Waals surface area contributed by atoms with Gasteiger partial charge in [0, 0.05) is 17.8 Å². The predicted molar refractivity (Wildman–Crippen MR) is 125 cm³/mol. The first-order chi connectivity index (χ1) is 15.1. The fourth-order valence-corrected chi connectivity index (χ4v) is 5.42. The van der Waals surface area contributed by atoms with E-state index in [0.29, 0.717) is 36.1 Å². The number of aromatic nitrogens is 1. The number of ether oxygens (including phenoxy) is 2. The summed E-state index contributed by atoms with van der Waals surface area (Å²) in [6.07, 6.45) is 1.04. The Morgan fingerprint density at radius 1 is 1.16 bits per heavy atom. The minimum Gasteiger partial charge on any atom is -0.486 e. The van der Waals surface area contributed by atoms with Crippen LogP contribution in [-0.2, 0) is 14.8 Å². The van der Waals surface area contributed by atoms with E-state index in [1.807, 2.05) is 13.8 Å². The van der Waals surface area contributed by atoms with Crippen LogP contribution in [0.1, 0.15) is 19.9 Å². The number of amides is 1. The van der Waals surface area contributed by atoms with Crippen molar-refractivity contribution < 1.29 is 22.7 Å². The van der Waals surface area contributed by atoms with Crippen LogP contribution in [0.15, 0.2) is 41.2 Å². The topological polar surface area (TPSA) is 107 Å². The Bertz CT molecular complexity index is 1340. The zero-order valence-corrected chi connectivity index (χ0v) is 19.5. The first kappa shape index (κ1) is 22.2. The molecule has 0 bridgehead atoms. The first-order valence-electron chi connectivity index (χ1n) is 9.96. The average Bonchev–Trinajstić information content (AvgIpc) is 3.06. The highest BCUT2D eigenvalue weighted by atomic mass is 32.2. The van der Waals surface area contributed by atoms with E-state index in [9.17, 15) is 18.0 Å². The Kier molecular flexibility index (Phi) is 5.87. The molecule has 0 saturated heterocycles. The Balaban J connectivity index is 1.56. The van der Waals surface area contributed by atoms with E-state index in [1.165, 1.54) is 0 Å². The highest BCUT2D eigenvalue weighted by molar-refractivity contribution is 7.92. The third-order valence-electron chi connectivity index (χ3n) is 4.91. The van der Waals surface area contributed by atoms with E-state index in [1.54, 1.807) is 41.0 Å². The smallest absolute Gasteiger partial charge is 0.308 e. The molecule has 1 amide bonds. The van der Waals surface area contributed by atoms with Gasteiger partial charge in [-0.2, -0.15) is 0 Å². The molecule has 1 aromatic heterocycles. The van der Waals surface area contributed by atoms with Crippen LogP contribution in [0.4, 0.5) is 11.4 Å². The maximum absolute atomic E-state index is 12.7. The first-order valence-corrected chi connectivity index (χ1v) is 12.6. The summed E-state index contributed by atoms with van der Waals surface area (Å²) in [5, 5.41) is 2.72. The summed E-state index contributed by atoms with van der Waals surface area (Å²) in [5.74, 6) is 0.441. The zero-order chi connectivity index (χ0) is 23.0. The van der Waals surface area contributed by atoms with Crippen molar-refractivity contribution in [1.29, 1.82) is 0 Å². The van der Waals surface area contributed by atoms with Crippen LogP contribution in [0.5, 0.6) is 11.5 Å². The number of nitrogens with zero attached hydrogens (tertiary/aromatic N) is 2. The quantitative estimate of drug-likeness (QED) is 0.585. The highest BCUT2D eigenvalue weighted by Gasteiger charge is 2.23. The fourth-order valence-electron chi connectivity index (χ4n) is 3.52. The zero-order valence-electron chi connectivity index (χ0n) is 17.8. The molecule has 0 spiro atoms. The number of nitrogens with one attached hydrogen (secondary N) is 1. The van der Waals surface area contributed by atoms with Gasteiger partial charge in [-0.3, -0.25) is 18.5 Å². The van der Waals surface area contributed by atoms with E-state index in [-0.39, 0.29) is 10.9 Å². The van der Waals surface area contributed by atoms with Crippen molar-refractivity contribution in [3.63, 3.8) is 0 Å². The van der Waals surface area contributed by atoms with Gasteiger partial charge in [-0.25, -0.2) is 8.42 Å². The second kappa shape index (κ2) is 8.47. The third kappa shape index (κ3) is 4.44. The molecule has 9 nitrogen and oxygen atoms in total. The van der Waals surface area contributed by atoms with Gasteiger partial charge >= 0.3 is 4.87 Å². The highest BCUT2D eigenvalue weighted by Crippen LogP contribution is 2.34. The molecule has 11 heteroatoms. The van der Waals surface area contributed by atoms with E-state index in [2.05, 4.69) is 5.32 Å². The van der Waals surface area contributed by atoms with Gasteiger partial charge in [0.15, 0.2) is 11.5 Å². The minimum absolute atomic E-state index is 0.0195. The summed E-state index contributed by atoms with van der Waals surface area (Å²) in [7, 11) is -3.74. The number of fused-ring (bicyclic) bond motifs is 2. The van der Waals surface area contributed by atoms with Gasteiger partial charge in [0.05, 0.1) is 22.2 Å². The van der Waals surface area contributed by atoms with Crippen molar-refractivity contribution >= 4 is 48.9 Å². The number of benzene rings is 2. The number of carbonyl (C=O) groups excluding carboxylic acids is 1. The summed E-state index contributed by atoms with van der Waals surface area (Å²) in [5.41, 5.74) is 1.58. The lowest BCUT2D eigenvalue weighted by Crippen LogP contribution is -2.37. The van der Waals surface area contributed by atoms with Crippen molar-refractivity contribution in [2.24, 2.45) is 0 Å². The van der Waals surface area contributed by atoms with Crippen molar-refractivity contribution in [1.82, 2.24) is 4.57 Å². The SMILES string of the molecule is CC(C)n1c(=O)sc2cc(NC(=O)CN(c3ccc4c(c3)OCCO4)S(C)(=O)=O)ccc21. The number of anilines is 2. The summed E-state index contributed by atoms with van der Waals surface area (Å²) in [4.78, 5) is 24.9. The molecule has 4 rings (SSSR count).